The van der Waals surface area contributed by atoms with Gasteiger partial charge in [-0.05, 0) is 48.9 Å². The van der Waals surface area contributed by atoms with Crippen LogP contribution in [0.25, 0.3) is 0 Å². The van der Waals surface area contributed by atoms with Crippen molar-refractivity contribution in [3.63, 3.8) is 0 Å². The van der Waals surface area contributed by atoms with Gasteiger partial charge in [-0.25, -0.2) is 0 Å². The Bertz CT molecular complexity index is 557. The maximum atomic E-state index is 11.3. The van der Waals surface area contributed by atoms with Gasteiger partial charge in [-0.2, -0.15) is 5.26 Å². The van der Waals surface area contributed by atoms with Gasteiger partial charge < -0.3 is 14.6 Å². The molecule has 1 aromatic carbocycles. The van der Waals surface area contributed by atoms with Crippen molar-refractivity contribution >= 4 is 0 Å². The highest BCUT2D eigenvalue weighted by atomic mass is 16.5. The van der Waals surface area contributed by atoms with E-state index in [9.17, 15) is 10.4 Å². The largest absolute Gasteiger partial charge is 0.497 e. The van der Waals surface area contributed by atoms with Gasteiger partial charge >= 0.3 is 0 Å². The van der Waals surface area contributed by atoms with Crippen LogP contribution in [-0.2, 0) is 16.8 Å². The van der Waals surface area contributed by atoms with Crippen molar-refractivity contribution in [1.82, 2.24) is 0 Å². The molecule has 2 aliphatic rings. The molecular weight excluding hydrogens is 254 g/mol. The van der Waals surface area contributed by atoms with Crippen LogP contribution in [0.1, 0.15) is 30.4 Å². The molecule has 0 radical (unpaired) electrons. The third kappa shape index (κ3) is 1.74. The SMILES string of the molecule is COc1ccc2c(c1)C(O)(C1(C#N)CCOCC1)CC2. The monoisotopic (exact) mass is 273 g/mol. The summed E-state index contributed by atoms with van der Waals surface area (Å²) in [6.45, 7) is 1.07. The number of aliphatic hydroxyl groups is 1. The van der Waals surface area contributed by atoms with E-state index in [0.717, 1.165) is 23.3 Å². The lowest BCUT2D eigenvalue weighted by Gasteiger charge is -2.43. The van der Waals surface area contributed by atoms with Crippen molar-refractivity contribution in [2.75, 3.05) is 20.3 Å². The van der Waals surface area contributed by atoms with Crippen molar-refractivity contribution in [3.05, 3.63) is 29.3 Å². The zero-order valence-corrected chi connectivity index (χ0v) is 11.7. The summed E-state index contributed by atoms with van der Waals surface area (Å²) in [5.74, 6) is 0.726. The van der Waals surface area contributed by atoms with Crippen LogP contribution in [0.2, 0.25) is 0 Å². The first-order chi connectivity index (χ1) is 9.65. The second kappa shape index (κ2) is 4.76. The van der Waals surface area contributed by atoms with Crippen LogP contribution in [0, 0.1) is 16.7 Å². The third-order valence-electron chi connectivity index (χ3n) is 4.87. The zero-order valence-electron chi connectivity index (χ0n) is 11.7. The van der Waals surface area contributed by atoms with Crippen LogP contribution in [0.5, 0.6) is 5.75 Å². The average molecular weight is 273 g/mol. The fourth-order valence-electron chi connectivity index (χ4n) is 3.57. The first kappa shape index (κ1) is 13.4. The molecule has 106 valence electrons. The van der Waals surface area contributed by atoms with E-state index in [0.29, 0.717) is 32.5 Å². The Morgan fingerprint density at radius 2 is 2.05 bits per heavy atom. The van der Waals surface area contributed by atoms with Crippen molar-refractivity contribution in [2.24, 2.45) is 5.41 Å². The van der Waals surface area contributed by atoms with Gasteiger partial charge in [-0.15, -0.1) is 0 Å². The van der Waals surface area contributed by atoms with E-state index in [1.54, 1.807) is 7.11 Å². The van der Waals surface area contributed by atoms with Crippen molar-refractivity contribution in [3.8, 4) is 11.8 Å². The molecule has 1 atom stereocenters. The molecule has 1 fully saturated rings. The van der Waals surface area contributed by atoms with Gasteiger partial charge in [0.1, 0.15) is 11.4 Å². The van der Waals surface area contributed by atoms with E-state index in [-0.39, 0.29) is 0 Å². The van der Waals surface area contributed by atoms with Gasteiger partial charge in [-0.1, -0.05) is 6.07 Å². The second-order valence-corrected chi connectivity index (χ2v) is 5.69. The van der Waals surface area contributed by atoms with E-state index >= 15 is 0 Å². The molecule has 0 amide bonds. The topological polar surface area (TPSA) is 62.5 Å². The number of nitriles is 1. The first-order valence-electron chi connectivity index (χ1n) is 7.04. The Morgan fingerprint density at radius 3 is 2.70 bits per heavy atom. The summed E-state index contributed by atoms with van der Waals surface area (Å²) < 4.78 is 10.6. The summed E-state index contributed by atoms with van der Waals surface area (Å²) in [6, 6.07) is 8.20. The molecule has 0 saturated carbocycles. The van der Waals surface area contributed by atoms with Crippen molar-refractivity contribution in [2.45, 2.75) is 31.3 Å². The van der Waals surface area contributed by atoms with E-state index in [1.165, 1.54) is 0 Å². The van der Waals surface area contributed by atoms with Gasteiger partial charge in [0, 0.05) is 13.2 Å². The smallest absolute Gasteiger partial charge is 0.119 e. The Balaban J connectivity index is 2.09. The highest BCUT2D eigenvalue weighted by Crippen LogP contribution is 2.53. The zero-order chi connectivity index (χ0) is 14.2. The van der Waals surface area contributed by atoms with Crippen LogP contribution in [0.15, 0.2) is 18.2 Å². The van der Waals surface area contributed by atoms with Crippen molar-refractivity contribution in [1.29, 1.82) is 5.26 Å². The number of rotatable bonds is 2. The molecule has 4 heteroatoms. The molecule has 0 aromatic heterocycles. The standard InChI is InChI=1S/C16H19NO3/c1-19-13-3-2-12-4-5-16(18,14(12)10-13)15(11-17)6-8-20-9-7-15/h2-3,10,18H,4-9H2,1H3. The Hall–Kier alpha value is -1.57. The Morgan fingerprint density at radius 1 is 1.30 bits per heavy atom. The van der Waals surface area contributed by atoms with Gasteiger partial charge in [0.05, 0.1) is 18.6 Å². The molecule has 0 spiro atoms. The van der Waals surface area contributed by atoms with Crippen LogP contribution in [0.3, 0.4) is 0 Å². The van der Waals surface area contributed by atoms with E-state index in [4.69, 9.17) is 9.47 Å². The van der Waals surface area contributed by atoms with Gasteiger partial charge in [0.25, 0.3) is 0 Å². The molecule has 20 heavy (non-hydrogen) atoms. The molecule has 4 nitrogen and oxygen atoms in total. The molecule has 1 aromatic rings. The number of benzene rings is 1. The lowest BCUT2D eigenvalue weighted by atomic mass is 9.65. The maximum Gasteiger partial charge on any atom is 0.119 e. The number of hydrogen-bond acceptors (Lipinski definition) is 4. The molecule has 1 unspecified atom stereocenters. The second-order valence-electron chi connectivity index (χ2n) is 5.69. The van der Waals surface area contributed by atoms with Crippen LogP contribution < -0.4 is 4.74 Å². The minimum Gasteiger partial charge on any atom is -0.497 e. The lowest BCUT2D eigenvalue weighted by molar-refractivity contribution is -0.108. The molecule has 1 heterocycles. The lowest BCUT2D eigenvalue weighted by Crippen LogP contribution is -2.47. The Labute approximate surface area is 118 Å². The predicted molar refractivity (Wildman–Crippen MR) is 73.3 cm³/mol. The quantitative estimate of drug-likeness (QED) is 0.896. The fraction of sp³-hybridized carbons (Fsp3) is 0.562. The number of aryl methyl sites for hydroxylation is 1. The number of hydrogen-bond donors (Lipinski definition) is 1. The third-order valence-corrected chi connectivity index (χ3v) is 4.87. The average Bonchev–Trinajstić information content (AvgIpc) is 2.86. The van der Waals surface area contributed by atoms with Crippen LogP contribution in [-0.4, -0.2) is 25.4 Å². The number of fused-ring (bicyclic) bond motifs is 1. The highest BCUT2D eigenvalue weighted by molar-refractivity contribution is 5.45. The van der Waals surface area contributed by atoms with E-state index < -0.39 is 11.0 Å². The predicted octanol–water partition coefficient (Wildman–Crippen LogP) is 2.15. The van der Waals surface area contributed by atoms with E-state index in [2.05, 4.69) is 6.07 Å². The Kier molecular flexibility index (Phi) is 3.19. The molecule has 0 bridgehead atoms. The summed E-state index contributed by atoms with van der Waals surface area (Å²) in [5, 5.41) is 21.0. The summed E-state index contributed by atoms with van der Waals surface area (Å²) in [5.41, 5.74) is 0.146. The molecular formula is C16H19NO3. The summed E-state index contributed by atoms with van der Waals surface area (Å²) in [7, 11) is 1.62. The van der Waals surface area contributed by atoms with Gasteiger partial charge in [-0.3, -0.25) is 0 Å². The minimum absolute atomic E-state index is 0.537. The van der Waals surface area contributed by atoms with Gasteiger partial charge in [0.2, 0.25) is 0 Å². The van der Waals surface area contributed by atoms with Crippen LogP contribution >= 0.6 is 0 Å². The fourth-order valence-corrected chi connectivity index (χ4v) is 3.57. The maximum absolute atomic E-state index is 11.3. The van der Waals surface area contributed by atoms with Crippen molar-refractivity contribution < 1.29 is 14.6 Å². The minimum atomic E-state index is -1.09. The summed E-state index contributed by atoms with van der Waals surface area (Å²) >= 11 is 0. The first-order valence-corrected chi connectivity index (χ1v) is 7.04. The number of ether oxygens (including phenoxy) is 2. The molecule has 1 saturated heterocycles. The van der Waals surface area contributed by atoms with Crippen LogP contribution in [0.4, 0.5) is 0 Å². The summed E-state index contributed by atoms with van der Waals surface area (Å²) in [6.07, 6.45) is 2.57. The number of methoxy groups -OCH3 is 1. The normalized spacial score (nSPS) is 27.6. The molecule has 3 rings (SSSR count). The molecule has 1 aliphatic carbocycles. The molecule has 1 N–H and O–H groups in total. The highest BCUT2D eigenvalue weighted by Gasteiger charge is 2.55. The van der Waals surface area contributed by atoms with E-state index in [1.807, 2.05) is 18.2 Å². The number of nitrogens with zero attached hydrogens (tertiary/aromatic N) is 1. The van der Waals surface area contributed by atoms with Gasteiger partial charge in [0.15, 0.2) is 0 Å². The molecule has 1 aliphatic heterocycles. The summed E-state index contributed by atoms with van der Waals surface area (Å²) in [4.78, 5) is 0.